The van der Waals surface area contributed by atoms with E-state index in [0.717, 1.165) is 25.7 Å². The van der Waals surface area contributed by atoms with Crippen LogP contribution in [0.1, 0.15) is 32.6 Å². The molecule has 64 valence electrons. The molecule has 3 unspecified atom stereocenters. The van der Waals surface area contributed by atoms with Crippen molar-refractivity contribution in [3.63, 3.8) is 0 Å². The van der Waals surface area contributed by atoms with Crippen LogP contribution in [0, 0.1) is 11.3 Å². The summed E-state index contributed by atoms with van der Waals surface area (Å²) in [4.78, 5) is 0. The van der Waals surface area contributed by atoms with Crippen molar-refractivity contribution in [1.29, 1.82) is 0 Å². The van der Waals surface area contributed by atoms with Gasteiger partial charge in [0.15, 0.2) is 0 Å². The fourth-order valence-corrected chi connectivity index (χ4v) is 3.04. The Bertz CT molecular complexity index is 180. The Hall–Kier alpha value is -0.0800. The summed E-state index contributed by atoms with van der Waals surface area (Å²) in [5.74, 6) is 0.162. The number of fused-ring (bicyclic) bond motifs is 1. The van der Waals surface area contributed by atoms with Crippen molar-refractivity contribution >= 4 is 0 Å². The van der Waals surface area contributed by atoms with Crippen molar-refractivity contribution in [2.45, 2.75) is 38.2 Å². The van der Waals surface area contributed by atoms with Gasteiger partial charge in [0.25, 0.3) is 0 Å². The zero-order valence-corrected chi connectivity index (χ0v) is 7.01. The van der Waals surface area contributed by atoms with Gasteiger partial charge in [-0.15, -0.1) is 0 Å². The Balaban J connectivity index is 2.19. The predicted octanol–water partition coefficient (Wildman–Crippen LogP) is 0.920. The molecule has 2 aliphatic carbocycles. The molecule has 2 N–H and O–H groups in total. The Morgan fingerprint density at radius 3 is 2.73 bits per heavy atom. The van der Waals surface area contributed by atoms with Crippen LogP contribution >= 0.6 is 0 Å². The second-order valence-corrected chi connectivity index (χ2v) is 4.42. The van der Waals surface area contributed by atoms with E-state index in [-0.39, 0.29) is 17.9 Å². The topological polar surface area (TPSA) is 40.5 Å². The molecule has 0 saturated heterocycles. The maximum Gasteiger partial charge on any atom is 0.0751 e. The van der Waals surface area contributed by atoms with Crippen molar-refractivity contribution < 1.29 is 10.2 Å². The summed E-state index contributed by atoms with van der Waals surface area (Å²) >= 11 is 0. The molecular formula is C9H16O2. The number of aliphatic hydroxyl groups excluding tert-OH is 1. The Morgan fingerprint density at radius 1 is 1.45 bits per heavy atom. The third kappa shape index (κ3) is 0.695. The summed E-state index contributed by atoms with van der Waals surface area (Å²) in [6.45, 7) is 2.30. The first-order chi connectivity index (χ1) is 5.12. The maximum atomic E-state index is 10.1. The number of aliphatic hydroxyl groups is 2. The third-order valence-corrected chi connectivity index (χ3v) is 3.92. The molecule has 2 heteroatoms. The van der Waals surface area contributed by atoms with Crippen LogP contribution in [0.15, 0.2) is 0 Å². The molecule has 2 fully saturated rings. The van der Waals surface area contributed by atoms with Crippen LogP contribution < -0.4 is 0 Å². The normalized spacial score (nSPS) is 55.4. The van der Waals surface area contributed by atoms with E-state index in [9.17, 15) is 5.11 Å². The average molecular weight is 156 g/mol. The smallest absolute Gasteiger partial charge is 0.0751 e. The molecule has 0 aromatic heterocycles. The van der Waals surface area contributed by atoms with Gasteiger partial charge in [-0.05, 0) is 31.1 Å². The highest BCUT2D eigenvalue weighted by Crippen LogP contribution is 2.63. The van der Waals surface area contributed by atoms with Gasteiger partial charge >= 0.3 is 0 Å². The molecule has 0 amide bonds. The SMILES string of the molecule is CC12CCCC1(O)C(CO)C2. The Kier molecular flexibility index (Phi) is 1.37. The van der Waals surface area contributed by atoms with Gasteiger partial charge < -0.3 is 10.2 Å². The first-order valence-corrected chi connectivity index (χ1v) is 4.46. The molecule has 2 aliphatic rings. The van der Waals surface area contributed by atoms with Gasteiger partial charge in [0.1, 0.15) is 0 Å². The van der Waals surface area contributed by atoms with E-state index in [0.29, 0.717) is 0 Å². The van der Waals surface area contributed by atoms with Crippen molar-refractivity contribution in [2.75, 3.05) is 6.61 Å². The van der Waals surface area contributed by atoms with Gasteiger partial charge in [-0.3, -0.25) is 0 Å². The lowest BCUT2D eigenvalue weighted by Crippen LogP contribution is -2.60. The van der Waals surface area contributed by atoms with Crippen molar-refractivity contribution in [3.8, 4) is 0 Å². The van der Waals surface area contributed by atoms with E-state index >= 15 is 0 Å². The van der Waals surface area contributed by atoms with Crippen molar-refractivity contribution in [1.82, 2.24) is 0 Å². The molecule has 11 heavy (non-hydrogen) atoms. The minimum absolute atomic E-state index is 0.139. The molecule has 0 radical (unpaired) electrons. The maximum absolute atomic E-state index is 10.1. The summed E-state index contributed by atoms with van der Waals surface area (Å²) in [7, 11) is 0. The predicted molar refractivity (Wildman–Crippen MR) is 42.1 cm³/mol. The minimum atomic E-state index is -0.512. The minimum Gasteiger partial charge on any atom is -0.396 e. The summed E-state index contributed by atoms with van der Waals surface area (Å²) in [6, 6.07) is 0. The summed E-state index contributed by atoms with van der Waals surface area (Å²) in [5, 5.41) is 19.1. The quantitative estimate of drug-likeness (QED) is 0.592. The van der Waals surface area contributed by atoms with E-state index in [1.54, 1.807) is 0 Å². The molecular weight excluding hydrogens is 140 g/mol. The van der Waals surface area contributed by atoms with E-state index in [1.165, 1.54) is 0 Å². The Morgan fingerprint density at radius 2 is 2.18 bits per heavy atom. The zero-order valence-electron chi connectivity index (χ0n) is 7.01. The van der Waals surface area contributed by atoms with Crippen LogP contribution in [0.25, 0.3) is 0 Å². The highest BCUT2D eigenvalue weighted by molar-refractivity contribution is 5.14. The second kappa shape index (κ2) is 1.99. The summed E-state index contributed by atoms with van der Waals surface area (Å²) < 4.78 is 0. The Labute approximate surface area is 67.2 Å². The standard InChI is InChI=1S/C9H16O2/c1-8-3-2-4-9(8,11)7(5-8)6-10/h7,10-11H,2-6H2,1H3. The van der Waals surface area contributed by atoms with Crippen LogP contribution in [-0.2, 0) is 0 Å². The first kappa shape index (κ1) is 7.56. The van der Waals surface area contributed by atoms with Crippen LogP contribution in [0.2, 0.25) is 0 Å². The molecule has 0 spiro atoms. The van der Waals surface area contributed by atoms with Crippen LogP contribution in [0.4, 0.5) is 0 Å². The monoisotopic (exact) mass is 156 g/mol. The molecule has 2 saturated carbocycles. The molecule has 0 heterocycles. The number of rotatable bonds is 1. The van der Waals surface area contributed by atoms with Crippen molar-refractivity contribution in [3.05, 3.63) is 0 Å². The second-order valence-electron chi connectivity index (χ2n) is 4.42. The van der Waals surface area contributed by atoms with Gasteiger partial charge in [0.05, 0.1) is 5.60 Å². The van der Waals surface area contributed by atoms with E-state index in [4.69, 9.17) is 5.11 Å². The summed E-state index contributed by atoms with van der Waals surface area (Å²) in [5.41, 5.74) is -0.373. The van der Waals surface area contributed by atoms with E-state index in [2.05, 4.69) is 6.92 Å². The van der Waals surface area contributed by atoms with Gasteiger partial charge in [0.2, 0.25) is 0 Å². The van der Waals surface area contributed by atoms with Gasteiger partial charge in [-0.25, -0.2) is 0 Å². The highest BCUT2D eigenvalue weighted by atomic mass is 16.3. The fourth-order valence-electron chi connectivity index (χ4n) is 3.04. The van der Waals surface area contributed by atoms with Gasteiger partial charge in [-0.1, -0.05) is 6.92 Å². The lowest BCUT2D eigenvalue weighted by atomic mass is 9.53. The molecule has 0 bridgehead atoms. The van der Waals surface area contributed by atoms with Crippen LogP contribution in [0.5, 0.6) is 0 Å². The molecule has 2 rings (SSSR count). The molecule has 0 aromatic rings. The van der Waals surface area contributed by atoms with E-state index < -0.39 is 5.60 Å². The lowest BCUT2D eigenvalue weighted by Gasteiger charge is -2.56. The number of hydrogen-bond donors (Lipinski definition) is 2. The molecule has 2 nitrogen and oxygen atoms in total. The average Bonchev–Trinajstić information content (AvgIpc) is 2.17. The molecule has 3 atom stereocenters. The van der Waals surface area contributed by atoms with Crippen LogP contribution in [0.3, 0.4) is 0 Å². The van der Waals surface area contributed by atoms with Crippen molar-refractivity contribution in [2.24, 2.45) is 11.3 Å². The zero-order chi connectivity index (χ0) is 8.11. The van der Waals surface area contributed by atoms with E-state index in [1.807, 2.05) is 0 Å². The first-order valence-electron chi connectivity index (χ1n) is 4.46. The lowest BCUT2D eigenvalue weighted by molar-refractivity contribution is -0.199. The highest BCUT2D eigenvalue weighted by Gasteiger charge is 2.63. The van der Waals surface area contributed by atoms with Gasteiger partial charge in [0, 0.05) is 12.5 Å². The van der Waals surface area contributed by atoms with Gasteiger partial charge in [-0.2, -0.15) is 0 Å². The molecule has 0 aromatic carbocycles. The largest absolute Gasteiger partial charge is 0.396 e. The van der Waals surface area contributed by atoms with Crippen LogP contribution in [-0.4, -0.2) is 22.4 Å². The third-order valence-electron chi connectivity index (χ3n) is 3.92. The number of hydrogen-bond acceptors (Lipinski definition) is 2. The summed E-state index contributed by atoms with van der Waals surface area (Å²) in [6.07, 6.45) is 4.18. The fraction of sp³-hybridized carbons (Fsp3) is 1.00. The molecule has 0 aliphatic heterocycles.